The molecule has 0 spiro atoms. The lowest BCUT2D eigenvalue weighted by atomic mass is 10.1. The first-order chi connectivity index (χ1) is 13.4. The lowest BCUT2D eigenvalue weighted by Gasteiger charge is -2.25. The Labute approximate surface area is 165 Å². The molecule has 0 aromatic heterocycles. The molecule has 2 aromatic carbocycles. The van der Waals surface area contributed by atoms with Gasteiger partial charge < -0.3 is 10.2 Å². The molecule has 0 aliphatic carbocycles. The third-order valence-electron chi connectivity index (χ3n) is 4.85. The van der Waals surface area contributed by atoms with Gasteiger partial charge in [0.15, 0.2) is 0 Å². The van der Waals surface area contributed by atoms with Crippen LogP contribution in [0.3, 0.4) is 0 Å². The van der Waals surface area contributed by atoms with E-state index in [0.717, 1.165) is 11.3 Å². The largest absolute Gasteiger partial charge is 0.332 e. The maximum absolute atomic E-state index is 13.0. The van der Waals surface area contributed by atoms with Gasteiger partial charge in [0.05, 0.1) is 12.1 Å². The number of carbonyl (C=O) groups excluding carboxylic acids is 3. The Morgan fingerprint density at radius 1 is 1.04 bits per heavy atom. The first-order valence-corrected chi connectivity index (χ1v) is 9.52. The molecule has 1 heterocycles. The van der Waals surface area contributed by atoms with Crippen molar-refractivity contribution < 1.29 is 14.4 Å². The van der Waals surface area contributed by atoms with Crippen molar-refractivity contribution in [1.82, 2.24) is 4.90 Å². The predicted molar refractivity (Wildman–Crippen MR) is 109 cm³/mol. The number of nitrogens with zero attached hydrogens (tertiary/aromatic N) is 2. The molecule has 6 nitrogen and oxygen atoms in total. The van der Waals surface area contributed by atoms with Crippen LogP contribution >= 0.6 is 0 Å². The Bertz CT molecular complexity index is 862. The number of benzene rings is 2. The molecule has 146 valence electrons. The van der Waals surface area contributed by atoms with Gasteiger partial charge in [-0.15, -0.1) is 0 Å². The number of carbonyl (C=O) groups is 3. The highest BCUT2D eigenvalue weighted by Crippen LogP contribution is 2.28. The molecule has 0 unspecified atom stereocenters. The van der Waals surface area contributed by atoms with Gasteiger partial charge in [-0.1, -0.05) is 37.3 Å². The molecule has 1 saturated heterocycles. The molecule has 1 atom stereocenters. The molecule has 1 aliphatic heterocycles. The smallest absolute Gasteiger partial charge is 0.326 e. The van der Waals surface area contributed by atoms with E-state index in [1.807, 2.05) is 44.2 Å². The van der Waals surface area contributed by atoms with E-state index in [-0.39, 0.29) is 24.3 Å². The van der Waals surface area contributed by atoms with Crippen molar-refractivity contribution in [3.8, 4) is 0 Å². The third kappa shape index (κ3) is 3.91. The van der Waals surface area contributed by atoms with Gasteiger partial charge in [-0.05, 0) is 50.1 Å². The van der Waals surface area contributed by atoms with Crippen molar-refractivity contribution in [3.05, 3.63) is 60.2 Å². The van der Waals surface area contributed by atoms with E-state index in [1.54, 1.807) is 24.3 Å². The quantitative estimate of drug-likeness (QED) is 0.776. The fourth-order valence-corrected chi connectivity index (χ4v) is 3.40. The number of imide groups is 1. The molecule has 0 radical (unpaired) electrons. The summed E-state index contributed by atoms with van der Waals surface area (Å²) in [6, 6.07) is 15.0. The molecular formula is C22H25N3O3. The maximum atomic E-state index is 13.0. The molecule has 28 heavy (non-hydrogen) atoms. The maximum Gasteiger partial charge on any atom is 0.332 e. The molecule has 0 bridgehead atoms. The lowest BCUT2D eigenvalue weighted by Crippen LogP contribution is -2.42. The summed E-state index contributed by atoms with van der Waals surface area (Å²) in [7, 11) is 0. The number of para-hydroxylation sites is 1. The fourth-order valence-electron chi connectivity index (χ4n) is 3.40. The van der Waals surface area contributed by atoms with Gasteiger partial charge in [0.25, 0.3) is 5.91 Å². The van der Waals surface area contributed by atoms with Gasteiger partial charge in [0.1, 0.15) is 6.04 Å². The summed E-state index contributed by atoms with van der Waals surface area (Å²) in [5, 5.41) is 2.82. The van der Waals surface area contributed by atoms with E-state index < -0.39 is 12.1 Å². The highest BCUT2D eigenvalue weighted by atomic mass is 16.2. The summed E-state index contributed by atoms with van der Waals surface area (Å²) in [5.41, 5.74) is 2.37. The molecule has 1 N–H and O–H groups in total. The number of amides is 4. The van der Waals surface area contributed by atoms with Gasteiger partial charge >= 0.3 is 6.03 Å². The predicted octanol–water partition coefficient (Wildman–Crippen LogP) is 3.82. The second kappa shape index (κ2) is 8.25. The summed E-state index contributed by atoms with van der Waals surface area (Å²) < 4.78 is 0. The number of rotatable bonds is 6. The second-order valence-electron chi connectivity index (χ2n) is 7.11. The summed E-state index contributed by atoms with van der Waals surface area (Å²) in [6.07, 6.45) is 0.840. The van der Waals surface area contributed by atoms with Crippen LogP contribution in [0.15, 0.2) is 54.6 Å². The minimum Gasteiger partial charge on any atom is -0.326 e. The van der Waals surface area contributed by atoms with Crippen LogP contribution in [-0.2, 0) is 16.0 Å². The SMILES string of the molecule is CCc1ccc(NC(=O)C[C@H]2C(=O)N(c3ccccc3)C(=O)N2C(C)C)cc1. The first kappa shape index (κ1) is 19.6. The monoisotopic (exact) mass is 379 g/mol. The fraction of sp³-hybridized carbons (Fsp3) is 0.318. The van der Waals surface area contributed by atoms with Crippen molar-refractivity contribution in [1.29, 1.82) is 0 Å². The van der Waals surface area contributed by atoms with Crippen LogP contribution in [0.1, 0.15) is 32.8 Å². The van der Waals surface area contributed by atoms with Crippen LogP contribution in [0, 0.1) is 0 Å². The van der Waals surface area contributed by atoms with Crippen LogP contribution in [0.5, 0.6) is 0 Å². The van der Waals surface area contributed by atoms with Crippen molar-refractivity contribution in [3.63, 3.8) is 0 Å². The number of urea groups is 1. The Balaban J connectivity index is 1.77. The zero-order valence-electron chi connectivity index (χ0n) is 16.4. The normalized spacial score (nSPS) is 16.8. The molecule has 4 amide bonds. The summed E-state index contributed by atoms with van der Waals surface area (Å²) in [4.78, 5) is 41.1. The Morgan fingerprint density at radius 3 is 2.25 bits per heavy atom. The number of aryl methyl sites for hydroxylation is 1. The van der Waals surface area contributed by atoms with E-state index in [4.69, 9.17) is 0 Å². The van der Waals surface area contributed by atoms with Crippen LogP contribution < -0.4 is 10.2 Å². The second-order valence-corrected chi connectivity index (χ2v) is 7.11. The Hall–Kier alpha value is -3.15. The minimum atomic E-state index is -0.817. The average molecular weight is 379 g/mol. The molecule has 3 rings (SSSR count). The number of nitrogens with one attached hydrogen (secondary N) is 1. The first-order valence-electron chi connectivity index (χ1n) is 9.52. The van der Waals surface area contributed by atoms with Gasteiger partial charge in [-0.3, -0.25) is 9.59 Å². The summed E-state index contributed by atoms with van der Waals surface area (Å²) in [5.74, 6) is -0.669. The highest BCUT2D eigenvalue weighted by Gasteiger charge is 2.47. The van der Waals surface area contributed by atoms with Gasteiger partial charge in [0.2, 0.25) is 5.91 Å². The standard InChI is InChI=1S/C22H25N3O3/c1-4-16-10-12-17(13-11-16)23-20(26)14-19-21(27)25(18-8-6-5-7-9-18)22(28)24(19)15(2)3/h5-13,15,19H,4,14H2,1-3H3,(H,23,26)/t19-/m0/s1. The van der Waals surface area contributed by atoms with Gasteiger partial charge in [-0.25, -0.2) is 9.69 Å². The molecular weight excluding hydrogens is 354 g/mol. The van der Waals surface area contributed by atoms with Gasteiger partial charge in [-0.2, -0.15) is 0 Å². The molecule has 1 aliphatic rings. The number of anilines is 2. The van der Waals surface area contributed by atoms with Crippen LogP contribution in [0.2, 0.25) is 0 Å². The number of hydrogen-bond donors (Lipinski definition) is 1. The van der Waals surface area contributed by atoms with E-state index in [2.05, 4.69) is 12.2 Å². The highest BCUT2D eigenvalue weighted by molar-refractivity contribution is 6.22. The third-order valence-corrected chi connectivity index (χ3v) is 4.85. The number of hydrogen-bond acceptors (Lipinski definition) is 3. The van der Waals surface area contributed by atoms with E-state index in [1.165, 1.54) is 10.5 Å². The average Bonchev–Trinajstić information content (AvgIpc) is 2.93. The molecule has 1 fully saturated rings. The van der Waals surface area contributed by atoms with Gasteiger partial charge in [0, 0.05) is 11.7 Å². The van der Waals surface area contributed by atoms with Crippen molar-refractivity contribution >= 4 is 29.2 Å². The van der Waals surface area contributed by atoms with Crippen LogP contribution in [0.4, 0.5) is 16.2 Å². The van der Waals surface area contributed by atoms with Crippen LogP contribution in [0.25, 0.3) is 0 Å². The summed E-state index contributed by atoms with van der Waals surface area (Å²) >= 11 is 0. The zero-order valence-corrected chi connectivity index (χ0v) is 16.4. The summed E-state index contributed by atoms with van der Waals surface area (Å²) in [6.45, 7) is 5.75. The van der Waals surface area contributed by atoms with Crippen molar-refractivity contribution in [2.45, 2.75) is 45.7 Å². The van der Waals surface area contributed by atoms with E-state index >= 15 is 0 Å². The van der Waals surface area contributed by atoms with Crippen molar-refractivity contribution in [2.24, 2.45) is 0 Å². The Kier molecular flexibility index (Phi) is 5.78. The van der Waals surface area contributed by atoms with Crippen LogP contribution in [-0.4, -0.2) is 34.8 Å². The van der Waals surface area contributed by atoms with Crippen molar-refractivity contribution in [2.75, 3.05) is 10.2 Å². The zero-order chi connectivity index (χ0) is 20.3. The molecule has 2 aromatic rings. The minimum absolute atomic E-state index is 0.0817. The van der Waals surface area contributed by atoms with E-state index in [0.29, 0.717) is 11.4 Å². The topological polar surface area (TPSA) is 69.7 Å². The van der Waals surface area contributed by atoms with E-state index in [9.17, 15) is 14.4 Å². The Morgan fingerprint density at radius 2 is 1.68 bits per heavy atom. The molecule has 0 saturated carbocycles. The molecule has 6 heteroatoms. The lowest BCUT2D eigenvalue weighted by molar-refractivity contribution is -0.124.